The van der Waals surface area contributed by atoms with E-state index in [1.54, 1.807) is 9.69 Å². The molecule has 2 aliphatic heterocycles. The van der Waals surface area contributed by atoms with Gasteiger partial charge in [-0.05, 0) is 55.2 Å². The predicted octanol–water partition coefficient (Wildman–Crippen LogP) is 5.90. The first-order valence-corrected chi connectivity index (χ1v) is 14.8. The molecule has 2 saturated heterocycles. The largest absolute Gasteiger partial charge is 0.457 e. The van der Waals surface area contributed by atoms with Crippen LogP contribution in [0.2, 0.25) is 0 Å². The van der Waals surface area contributed by atoms with Crippen molar-refractivity contribution in [3.8, 4) is 11.5 Å². The van der Waals surface area contributed by atoms with E-state index in [0.29, 0.717) is 37.4 Å². The van der Waals surface area contributed by atoms with Crippen LogP contribution in [-0.4, -0.2) is 43.2 Å². The van der Waals surface area contributed by atoms with Gasteiger partial charge < -0.3 is 9.64 Å². The SMILES string of the molecule is O=C1N(Cc2ccc(Oc3ccccc3)cc2)CCC12CCCN(S(=O)(=O)c1csc3ccccc13)C2. The van der Waals surface area contributed by atoms with Gasteiger partial charge in [-0.2, -0.15) is 4.31 Å². The van der Waals surface area contributed by atoms with Gasteiger partial charge in [-0.3, -0.25) is 4.79 Å². The molecule has 6 nitrogen and oxygen atoms in total. The molecule has 0 N–H and O–H groups in total. The van der Waals surface area contributed by atoms with Crippen LogP contribution in [0.4, 0.5) is 0 Å². The maximum atomic E-state index is 13.6. The van der Waals surface area contributed by atoms with Gasteiger partial charge in [0.1, 0.15) is 16.4 Å². The number of thiophene rings is 1. The van der Waals surface area contributed by atoms with Crippen molar-refractivity contribution in [3.05, 3.63) is 89.8 Å². The summed E-state index contributed by atoms with van der Waals surface area (Å²) in [7, 11) is -3.68. The maximum absolute atomic E-state index is 13.6. The Hall–Kier alpha value is -3.20. The molecule has 8 heteroatoms. The number of likely N-dealkylation sites (tertiary alicyclic amines) is 1. The number of piperidine rings is 1. The lowest BCUT2D eigenvalue weighted by Gasteiger charge is -2.38. The lowest BCUT2D eigenvalue weighted by atomic mass is 9.79. The lowest BCUT2D eigenvalue weighted by Crippen LogP contribution is -2.49. The molecule has 0 bridgehead atoms. The highest BCUT2D eigenvalue weighted by atomic mass is 32.2. The van der Waals surface area contributed by atoms with Crippen LogP contribution in [0.25, 0.3) is 10.1 Å². The molecule has 0 aliphatic carbocycles. The number of fused-ring (bicyclic) bond motifs is 1. The third-order valence-electron chi connectivity index (χ3n) is 7.48. The molecule has 1 spiro atoms. The Morgan fingerprint density at radius 3 is 2.41 bits per heavy atom. The fraction of sp³-hybridized carbons (Fsp3) is 0.276. The molecule has 3 aromatic carbocycles. The zero-order chi connectivity index (χ0) is 25.5. The van der Waals surface area contributed by atoms with Crippen molar-refractivity contribution in [1.29, 1.82) is 0 Å². The maximum Gasteiger partial charge on any atom is 0.244 e. The minimum Gasteiger partial charge on any atom is -0.457 e. The fourth-order valence-electron chi connectivity index (χ4n) is 5.52. The average molecular weight is 533 g/mol. The number of carbonyl (C=O) groups is 1. The molecule has 0 radical (unpaired) electrons. The van der Waals surface area contributed by atoms with E-state index >= 15 is 0 Å². The molecule has 1 aromatic heterocycles. The van der Waals surface area contributed by atoms with Crippen LogP contribution in [-0.2, 0) is 21.4 Å². The fourth-order valence-corrected chi connectivity index (χ4v) is 8.56. The normalized spacial score (nSPS) is 20.6. The Bertz CT molecular complexity index is 1530. The van der Waals surface area contributed by atoms with Gasteiger partial charge in [0.15, 0.2) is 0 Å². The van der Waals surface area contributed by atoms with Crippen LogP contribution >= 0.6 is 11.3 Å². The van der Waals surface area contributed by atoms with Crippen molar-refractivity contribution in [2.45, 2.75) is 30.7 Å². The molecule has 2 aliphatic rings. The summed E-state index contributed by atoms with van der Waals surface area (Å²) >= 11 is 1.44. The zero-order valence-electron chi connectivity index (χ0n) is 20.4. The molecule has 1 unspecified atom stereocenters. The van der Waals surface area contributed by atoms with Gasteiger partial charge in [0.2, 0.25) is 15.9 Å². The molecular formula is C29H28N2O4S2. The first kappa shape index (κ1) is 24.2. The van der Waals surface area contributed by atoms with Gasteiger partial charge >= 0.3 is 0 Å². The number of rotatable bonds is 6. The van der Waals surface area contributed by atoms with E-state index in [0.717, 1.165) is 33.6 Å². The topological polar surface area (TPSA) is 66.9 Å². The van der Waals surface area contributed by atoms with E-state index < -0.39 is 15.4 Å². The Labute approximate surface area is 221 Å². The van der Waals surface area contributed by atoms with Crippen LogP contribution in [0, 0.1) is 5.41 Å². The zero-order valence-corrected chi connectivity index (χ0v) is 22.0. The quantitative estimate of drug-likeness (QED) is 0.310. The van der Waals surface area contributed by atoms with Gasteiger partial charge in [0.05, 0.1) is 5.41 Å². The van der Waals surface area contributed by atoms with Crippen molar-refractivity contribution in [2.75, 3.05) is 19.6 Å². The summed E-state index contributed by atoms with van der Waals surface area (Å²) in [5, 5.41) is 2.49. The summed E-state index contributed by atoms with van der Waals surface area (Å²) in [5.74, 6) is 1.58. The number of carbonyl (C=O) groups excluding carboxylic acids is 1. The van der Waals surface area contributed by atoms with Gasteiger partial charge in [-0.25, -0.2) is 8.42 Å². The van der Waals surface area contributed by atoms with Gasteiger partial charge in [0.25, 0.3) is 0 Å². The number of hydrogen-bond acceptors (Lipinski definition) is 5. The van der Waals surface area contributed by atoms with E-state index in [-0.39, 0.29) is 12.5 Å². The van der Waals surface area contributed by atoms with E-state index in [2.05, 4.69) is 0 Å². The van der Waals surface area contributed by atoms with Crippen LogP contribution in [0.5, 0.6) is 11.5 Å². The Kier molecular flexibility index (Phi) is 6.26. The third kappa shape index (κ3) is 4.54. The second-order valence-electron chi connectivity index (χ2n) is 9.85. The second kappa shape index (κ2) is 9.59. The number of ether oxygens (including phenoxy) is 1. The summed E-state index contributed by atoms with van der Waals surface area (Å²) in [4.78, 5) is 15.9. The van der Waals surface area contributed by atoms with E-state index in [9.17, 15) is 13.2 Å². The first-order valence-electron chi connectivity index (χ1n) is 12.5. The lowest BCUT2D eigenvalue weighted by molar-refractivity contribution is -0.138. The van der Waals surface area contributed by atoms with Gasteiger partial charge in [0, 0.05) is 41.6 Å². The number of benzene rings is 3. The van der Waals surface area contributed by atoms with E-state index in [4.69, 9.17) is 4.74 Å². The predicted molar refractivity (Wildman–Crippen MR) is 145 cm³/mol. The monoisotopic (exact) mass is 532 g/mol. The molecule has 2 fully saturated rings. The van der Waals surface area contributed by atoms with Crippen molar-refractivity contribution < 1.29 is 17.9 Å². The van der Waals surface area contributed by atoms with Crippen LogP contribution in [0.15, 0.2) is 89.1 Å². The van der Waals surface area contributed by atoms with Crippen molar-refractivity contribution in [1.82, 2.24) is 9.21 Å². The molecule has 6 rings (SSSR count). The summed E-state index contributed by atoms with van der Waals surface area (Å²) in [6.07, 6.45) is 2.09. The van der Waals surface area contributed by atoms with Gasteiger partial charge in [-0.1, -0.05) is 48.5 Å². The number of para-hydroxylation sites is 1. The van der Waals surface area contributed by atoms with Crippen LogP contribution < -0.4 is 4.74 Å². The van der Waals surface area contributed by atoms with Crippen molar-refractivity contribution in [3.63, 3.8) is 0 Å². The van der Waals surface area contributed by atoms with E-state index in [1.807, 2.05) is 83.8 Å². The highest BCUT2D eigenvalue weighted by Gasteiger charge is 2.50. The van der Waals surface area contributed by atoms with E-state index in [1.165, 1.54) is 11.3 Å². The molecule has 1 amide bonds. The average Bonchev–Trinajstić information content (AvgIpc) is 3.49. The number of nitrogens with zero attached hydrogens (tertiary/aromatic N) is 2. The molecule has 190 valence electrons. The number of amides is 1. The minimum atomic E-state index is -3.68. The summed E-state index contributed by atoms with van der Waals surface area (Å²) in [6.45, 7) is 1.84. The molecule has 3 heterocycles. The summed E-state index contributed by atoms with van der Waals surface area (Å²) < 4.78 is 35.7. The number of hydrogen-bond donors (Lipinski definition) is 0. The van der Waals surface area contributed by atoms with Crippen LogP contribution in [0.1, 0.15) is 24.8 Å². The standard InChI is InChI=1S/C29H28N2O4S2/c32-28-29(15-6-17-31(21-29)37(33,34)27-20-36-26-10-5-4-9-25(26)27)16-18-30(28)19-22-11-13-24(14-12-22)35-23-7-2-1-3-8-23/h1-5,7-14,20H,6,15-19,21H2. The second-order valence-corrected chi connectivity index (χ2v) is 12.7. The smallest absolute Gasteiger partial charge is 0.244 e. The van der Waals surface area contributed by atoms with Gasteiger partial charge in [-0.15, -0.1) is 11.3 Å². The van der Waals surface area contributed by atoms with Crippen LogP contribution in [0.3, 0.4) is 0 Å². The molecule has 0 saturated carbocycles. The first-order chi connectivity index (χ1) is 17.9. The summed E-state index contributed by atoms with van der Waals surface area (Å²) in [5.41, 5.74) is 0.379. The molecule has 4 aromatic rings. The Balaban J connectivity index is 1.15. The highest BCUT2D eigenvalue weighted by Crippen LogP contribution is 2.43. The van der Waals surface area contributed by atoms with Crippen molar-refractivity contribution >= 4 is 37.4 Å². The summed E-state index contributed by atoms with van der Waals surface area (Å²) in [6, 6.07) is 25.0. The van der Waals surface area contributed by atoms with Crippen molar-refractivity contribution in [2.24, 2.45) is 5.41 Å². The Morgan fingerprint density at radius 2 is 1.59 bits per heavy atom. The molecule has 1 atom stereocenters. The Morgan fingerprint density at radius 1 is 0.865 bits per heavy atom. The molecule has 37 heavy (non-hydrogen) atoms. The highest BCUT2D eigenvalue weighted by molar-refractivity contribution is 7.89. The number of sulfonamides is 1. The molecular weight excluding hydrogens is 504 g/mol. The minimum absolute atomic E-state index is 0.0622. The third-order valence-corrected chi connectivity index (χ3v) is 10.5.